The maximum Gasteiger partial charge on any atom is 0.471 e. The number of nitrogens with one attached hydrogen (secondary N) is 9. The van der Waals surface area contributed by atoms with Crippen LogP contribution in [0.25, 0.3) is 0 Å². The molecule has 4 saturated carbocycles. The second kappa shape index (κ2) is 39.7. The van der Waals surface area contributed by atoms with Crippen LogP contribution in [0, 0.1) is 71.0 Å². The number of allylic oxidation sites excluding steroid dienone is 5. The van der Waals surface area contributed by atoms with Crippen LogP contribution in [0.3, 0.4) is 0 Å². The third-order valence-corrected chi connectivity index (χ3v) is 22.7. The molecule has 0 aromatic heterocycles. The zero-order valence-corrected chi connectivity index (χ0v) is 70.0. The third kappa shape index (κ3) is 24.7. The van der Waals surface area contributed by atoms with Crippen LogP contribution in [0.1, 0.15) is 141 Å². The molecule has 1 heterocycles. The van der Waals surface area contributed by atoms with Crippen molar-refractivity contribution in [3.63, 3.8) is 0 Å². The summed E-state index contributed by atoms with van der Waals surface area (Å²) in [4.78, 5) is 102. The second-order valence-corrected chi connectivity index (χ2v) is 33.5. The highest BCUT2D eigenvalue weighted by Crippen LogP contribution is 2.48. The molecule has 0 radical (unpaired) electrons. The maximum atomic E-state index is 13.1. The molecule has 0 saturated heterocycles. The number of fused-ring (bicyclic) bond motifs is 8. The Balaban J connectivity index is 0.000000174. The van der Waals surface area contributed by atoms with Gasteiger partial charge in [0.05, 0.1) is 94.6 Å². The van der Waals surface area contributed by atoms with E-state index in [9.17, 15) is 69.1 Å². The van der Waals surface area contributed by atoms with Gasteiger partial charge in [0.1, 0.15) is 39.4 Å². The van der Waals surface area contributed by atoms with Crippen molar-refractivity contribution >= 4 is 77.0 Å². The van der Waals surface area contributed by atoms with Gasteiger partial charge in [-0.15, -0.1) is 0 Å². The minimum Gasteiger partial charge on any atom is -0.497 e. The smallest absolute Gasteiger partial charge is 0.471 e. The quantitative estimate of drug-likeness (QED) is 0.0172. The number of hydrogen-bond acceptors (Lipinski definition) is 16. The molecule has 4 aromatic rings. The van der Waals surface area contributed by atoms with Gasteiger partial charge < -0.3 is 76.3 Å². The molecule has 9 aliphatic rings. The molecule has 21 atom stereocenters. The van der Waals surface area contributed by atoms with Gasteiger partial charge in [-0.05, 0) is 213 Å². The second-order valence-electron chi connectivity index (χ2n) is 32.7. The molecule has 646 valence electrons. The summed E-state index contributed by atoms with van der Waals surface area (Å²) in [6, 6.07) is 26.5. The number of aliphatic imine (C=N–C) groups is 1. The highest BCUT2D eigenvalue weighted by atomic mass is 35.5. The van der Waals surface area contributed by atoms with Gasteiger partial charge in [-0.1, -0.05) is 120 Å². The lowest BCUT2D eigenvalue weighted by atomic mass is 9.87. The van der Waals surface area contributed by atoms with Crippen molar-refractivity contribution in [1.29, 1.82) is 0 Å². The van der Waals surface area contributed by atoms with E-state index >= 15 is 0 Å². The predicted molar refractivity (Wildman–Crippen MR) is 433 cm³/mol. The van der Waals surface area contributed by atoms with E-state index in [1.165, 1.54) is 0 Å². The zero-order chi connectivity index (χ0) is 87.3. The molecule has 1 unspecified atom stereocenters. The van der Waals surface area contributed by atoms with Gasteiger partial charge in [0.25, 0.3) is 0 Å². The summed E-state index contributed by atoms with van der Waals surface area (Å²) in [6.07, 6.45) is 8.66. The topological polar surface area (TPSA) is 313 Å². The average molecular weight is 1710 g/mol. The number of alkyl halides is 7. The molecular formula is C86H105Cl2F7N10O14. The van der Waals surface area contributed by atoms with Crippen molar-refractivity contribution in [2.45, 2.75) is 172 Å². The fraction of sp³-hybridized carbons (Fsp3) is 0.500. The van der Waals surface area contributed by atoms with Crippen molar-refractivity contribution < 1.29 is 97.5 Å². The number of methoxy groups -OCH3 is 4. The SMILES string of the molecule is COc1ccc([C@@H](C)NC(=O)[C@@H]2[C@H](NC(=O)C(F)(F)F)[C@H]3C=C[C@@H]2C3)cc1.COc1ccc([C@@H](C)NC(=O)[C@@H]2[C@H](NC(=O)OC(C)(C)C)[C@H]3C=C[C@@H]2C3)cc1.COc1ccc([C@@H](C)NC(=O)[C@H]2[C@@H](NC(=O)C(F)(F)F)[C@@H]3C=C[C@H]2C3)cc1.COc1ccc([C@@H](C)NC(=O)[C@H]2[C@@H](NC(=O)OC(C)(C)C)[C@@H]3C=C[C@H]2C3)cc1.FC1=C(Cl)NC(Cl)N=C1. The first kappa shape index (κ1) is 92.6. The number of carbonyl (C=O) groups excluding carboxylic acids is 8. The van der Waals surface area contributed by atoms with Crippen LogP contribution >= 0.6 is 23.2 Å². The van der Waals surface area contributed by atoms with Crippen LogP contribution in [0.2, 0.25) is 0 Å². The highest BCUT2D eigenvalue weighted by molar-refractivity contribution is 6.32. The first-order valence-electron chi connectivity index (χ1n) is 39.2. The molecule has 8 amide bonds. The number of alkyl carbamates (subject to hydrolysis) is 2. The third-order valence-electron chi connectivity index (χ3n) is 22.2. The minimum atomic E-state index is -4.97. The fourth-order valence-electron chi connectivity index (χ4n) is 16.4. The minimum absolute atomic E-state index is 0.0405. The number of ether oxygens (including phenoxy) is 6. The maximum absolute atomic E-state index is 13.1. The van der Waals surface area contributed by atoms with Gasteiger partial charge in [-0.2, -0.15) is 26.3 Å². The molecule has 9 N–H and O–H groups in total. The van der Waals surface area contributed by atoms with E-state index in [4.69, 9.17) is 51.6 Å². The Hall–Kier alpha value is -10.3. The van der Waals surface area contributed by atoms with Crippen molar-refractivity contribution in [1.82, 2.24) is 47.9 Å². The van der Waals surface area contributed by atoms with Crippen LogP contribution < -0.4 is 66.8 Å². The van der Waals surface area contributed by atoms with Crippen LogP contribution in [0.15, 0.2) is 162 Å². The number of rotatable bonds is 20. The van der Waals surface area contributed by atoms with Crippen molar-refractivity contribution in [2.75, 3.05) is 28.4 Å². The summed E-state index contributed by atoms with van der Waals surface area (Å²) in [7, 11) is 6.36. The Morgan fingerprint density at radius 1 is 0.395 bits per heavy atom. The zero-order valence-electron chi connectivity index (χ0n) is 68.5. The Bertz CT molecular complexity index is 4170. The van der Waals surface area contributed by atoms with Crippen LogP contribution in [0.4, 0.5) is 40.3 Å². The van der Waals surface area contributed by atoms with E-state index in [0.717, 1.165) is 52.8 Å². The Labute approximate surface area is 697 Å². The first-order valence-corrected chi connectivity index (χ1v) is 40.0. The van der Waals surface area contributed by atoms with Gasteiger partial charge in [0.15, 0.2) is 11.5 Å². The van der Waals surface area contributed by atoms with Crippen molar-refractivity contribution in [3.05, 3.63) is 179 Å². The monoisotopic (exact) mass is 1700 g/mol. The largest absolute Gasteiger partial charge is 0.497 e. The van der Waals surface area contributed by atoms with Crippen LogP contribution in [0.5, 0.6) is 23.0 Å². The van der Waals surface area contributed by atoms with E-state index in [-0.39, 0.29) is 124 Å². The molecule has 8 aliphatic carbocycles. The molecule has 1 aliphatic heterocycles. The number of amides is 8. The van der Waals surface area contributed by atoms with Crippen LogP contribution in [-0.4, -0.2) is 136 Å². The molecular weight excluding hydrogens is 1600 g/mol. The first-order chi connectivity index (χ1) is 56.0. The summed E-state index contributed by atoms with van der Waals surface area (Å²) in [5.74, 6) is -4.69. The number of halogens is 9. The average Bonchev–Trinajstić information content (AvgIpc) is 1.64. The van der Waals surface area contributed by atoms with Gasteiger partial charge in [-0.3, -0.25) is 28.8 Å². The van der Waals surface area contributed by atoms with Crippen LogP contribution in [-0.2, 0) is 38.2 Å². The number of benzene rings is 4. The lowest BCUT2D eigenvalue weighted by molar-refractivity contribution is -0.175. The summed E-state index contributed by atoms with van der Waals surface area (Å²) >= 11 is 10.7. The summed E-state index contributed by atoms with van der Waals surface area (Å²) in [5.41, 5.74) is 1.92. The standard InChI is InChI=1S/2C22H30N2O4.2C19H21F3N2O3.C4H3Cl2FN2/c2*1-13(14-8-10-17(27-5)11-9-14)23-20(25)18-15-6-7-16(12-15)19(18)24-21(26)28-22(2,3)4;2*1-10(11-5-7-14(27-2)8-6-11)23-17(25)15-12-3-4-13(9-12)16(15)24-18(26)19(20,21)22;5-3-2(7)1-8-4(6)9-3/h2*6-11,13,15-16,18-19H,12H2,1-5H3,(H,23,25)(H,24,26);2*3-8,10,12-13,15-16H,9H2,1-2H3,(H,23,25)(H,24,26);1,4,9H/t13-,15+,16-,18-,19+;13-,15-,16+,18+,19-;10-,12+,13-,15-,16+;10-,12-,13+,15+,16-;/m1111./s1. The highest BCUT2D eigenvalue weighted by Gasteiger charge is 2.55. The predicted octanol–water partition coefficient (Wildman–Crippen LogP) is 14.2. The molecule has 13 rings (SSSR count). The Morgan fingerprint density at radius 3 is 0.824 bits per heavy atom. The van der Waals surface area contributed by atoms with E-state index in [0.29, 0.717) is 24.3 Å². The molecule has 4 fully saturated rings. The molecule has 0 spiro atoms. The number of nitrogens with zero attached hydrogens (tertiary/aromatic N) is 1. The normalized spacial score (nSPS) is 26.9. The summed E-state index contributed by atoms with van der Waals surface area (Å²) in [5, 5.41) is 24.1. The lowest BCUT2D eigenvalue weighted by Crippen LogP contribution is -2.52. The van der Waals surface area contributed by atoms with Crippen molar-refractivity contribution in [3.8, 4) is 23.0 Å². The van der Waals surface area contributed by atoms with Gasteiger partial charge in [-0.25, -0.2) is 19.0 Å². The summed E-state index contributed by atoms with van der Waals surface area (Å²) < 4.78 is 119. The van der Waals surface area contributed by atoms with Gasteiger partial charge in [0, 0.05) is 12.1 Å². The Kier molecular flexibility index (Phi) is 30.9. The number of hydrogen-bond donors (Lipinski definition) is 9. The molecule has 4 aromatic carbocycles. The van der Waals surface area contributed by atoms with E-state index in [1.807, 2.05) is 151 Å². The molecule has 119 heavy (non-hydrogen) atoms. The summed E-state index contributed by atoms with van der Waals surface area (Å²) in [6.45, 7) is 18.5. The van der Waals surface area contributed by atoms with E-state index in [2.05, 4.69) is 66.5 Å². The molecule has 33 heteroatoms. The molecule has 24 nitrogen and oxygen atoms in total. The number of carbonyl (C=O) groups is 8. The Morgan fingerprint density at radius 2 is 0.622 bits per heavy atom. The van der Waals surface area contributed by atoms with Gasteiger partial charge >= 0.3 is 36.4 Å². The lowest BCUT2D eigenvalue weighted by Gasteiger charge is -2.30. The molecule has 8 bridgehead atoms. The fourth-order valence-corrected chi connectivity index (χ4v) is 16.8. The van der Waals surface area contributed by atoms with Gasteiger partial charge in [0.2, 0.25) is 23.6 Å². The van der Waals surface area contributed by atoms with E-state index in [1.54, 1.807) is 78.7 Å². The van der Waals surface area contributed by atoms with Crippen molar-refractivity contribution in [2.24, 2.45) is 76.0 Å². The van der Waals surface area contributed by atoms with E-state index < -0.39 is 82.9 Å².